The lowest BCUT2D eigenvalue weighted by Gasteiger charge is -2.46. The zero-order valence-corrected chi connectivity index (χ0v) is 13.4. The summed E-state index contributed by atoms with van der Waals surface area (Å²) in [6, 6.07) is 2.11. The van der Waals surface area contributed by atoms with Gasteiger partial charge in [0.1, 0.15) is 0 Å². The summed E-state index contributed by atoms with van der Waals surface area (Å²) < 4.78 is 2.02. The largest absolute Gasteiger partial charge is 0.391 e. The summed E-state index contributed by atoms with van der Waals surface area (Å²) >= 11 is 0. The Morgan fingerprint density at radius 1 is 1.35 bits per heavy atom. The van der Waals surface area contributed by atoms with E-state index in [1.807, 2.05) is 11.6 Å². The highest BCUT2D eigenvalue weighted by molar-refractivity contribution is 5.12. The quantitative estimate of drug-likeness (QED) is 0.899. The fourth-order valence-electron chi connectivity index (χ4n) is 3.67. The Balaban J connectivity index is 2.17. The summed E-state index contributed by atoms with van der Waals surface area (Å²) in [6.45, 7) is 4.99. The van der Waals surface area contributed by atoms with Gasteiger partial charge in [-0.05, 0) is 46.9 Å². The fourth-order valence-corrected chi connectivity index (χ4v) is 3.67. The number of aliphatic hydroxyl groups is 1. The summed E-state index contributed by atoms with van der Waals surface area (Å²) in [6.07, 6.45) is 6.32. The molecule has 1 atom stereocenters. The van der Waals surface area contributed by atoms with Crippen molar-refractivity contribution in [3.63, 3.8) is 0 Å². The molecule has 1 aliphatic carbocycles. The lowest BCUT2D eigenvalue weighted by Crippen LogP contribution is -2.55. The number of aromatic nitrogens is 2. The molecule has 20 heavy (non-hydrogen) atoms. The van der Waals surface area contributed by atoms with E-state index in [4.69, 9.17) is 0 Å². The Labute approximate surface area is 122 Å². The number of hydrogen-bond acceptors (Lipinski definition) is 3. The molecule has 114 valence electrons. The predicted molar refractivity (Wildman–Crippen MR) is 81.9 cm³/mol. The van der Waals surface area contributed by atoms with Crippen LogP contribution in [0.5, 0.6) is 0 Å². The highest BCUT2D eigenvalue weighted by Crippen LogP contribution is 2.36. The Hall–Kier alpha value is -0.870. The van der Waals surface area contributed by atoms with Crippen LogP contribution in [0.2, 0.25) is 0 Å². The van der Waals surface area contributed by atoms with Crippen LogP contribution >= 0.6 is 0 Å². The van der Waals surface area contributed by atoms with Crippen LogP contribution in [0.4, 0.5) is 0 Å². The maximum absolute atomic E-state index is 10.9. The molecule has 4 nitrogen and oxygen atoms in total. The van der Waals surface area contributed by atoms with Gasteiger partial charge in [-0.25, -0.2) is 0 Å². The number of aryl methyl sites for hydroxylation is 2. The summed E-state index contributed by atoms with van der Waals surface area (Å²) in [5.74, 6) is 0. The lowest BCUT2D eigenvalue weighted by molar-refractivity contribution is -0.0319. The van der Waals surface area contributed by atoms with Crippen molar-refractivity contribution < 1.29 is 5.11 Å². The van der Waals surface area contributed by atoms with Gasteiger partial charge in [-0.2, -0.15) is 5.10 Å². The summed E-state index contributed by atoms with van der Waals surface area (Å²) in [5.41, 5.74) is 2.13. The summed E-state index contributed by atoms with van der Waals surface area (Å²) in [5, 5.41) is 15.4. The van der Waals surface area contributed by atoms with Crippen molar-refractivity contribution in [2.75, 3.05) is 14.1 Å². The average molecular weight is 279 g/mol. The van der Waals surface area contributed by atoms with Crippen molar-refractivity contribution in [3.8, 4) is 0 Å². The summed E-state index contributed by atoms with van der Waals surface area (Å²) in [7, 11) is 4.22. The molecule has 0 bridgehead atoms. The van der Waals surface area contributed by atoms with Gasteiger partial charge < -0.3 is 10.0 Å². The van der Waals surface area contributed by atoms with Gasteiger partial charge in [-0.15, -0.1) is 0 Å². The Morgan fingerprint density at radius 3 is 2.55 bits per heavy atom. The molecule has 1 fully saturated rings. The fraction of sp³-hybridized carbons (Fsp3) is 0.812. The molecule has 1 unspecified atom stereocenters. The molecule has 0 spiro atoms. The highest BCUT2D eigenvalue weighted by atomic mass is 16.3. The van der Waals surface area contributed by atoms with E-state index in [0.29, 0.717) is 6.42 Å². The first-order valence-corrected chi connectivity index (χ1v) is 7.88. The molecule has 0 saturated heterocycles. The van der Waals surface area contributed by atoms with Crippen molar-refractivity contribution in [1.82, 2.24) is 14.7 Å². The van der Waals surface area contributed by atoms with Crippen molar-refractivity contribution in [2.45, 2.75) is 70.6 Å². The van der Waals surface area contributed by atoms with E-state index in [1.165, 1.54) is 19.3 Å². The number of nitrogens with zero attached hydrogens (tertiary/aromatic N) is 3. The molecule has 1 aliphatic rings. The molecular weight excluding hydrogens is 250 g/mol. The molecule has 1 aromatic rings. The molecule has 1 N–H and O–H groups in total. The third-order valence-electron chi connectivity index (χ3n) is 4.92. The minimum absolute atomic E-state index is 0.0605. The molecule has 0 aliphatic heterocycles. The number of aliphatic hydroxyl groups excluding tert-OH is 1. The Bertz CT molecular complexity index is 433. The monoisotopic (exact) mass is 279 g/mol. The van der Waals surface area contributed by atoms with Crippen molar-refractivity contribution >= 4 is 0 Å². The van der Waals surface area contributed by atoms with Gasteiger partial charge in [0, 0.05) is 24.2 Å². The lowest BCUT2D eigenvalue weighted by atomic mass is 9.75. The second-order valence-corrected chi connectivity index (χ2v) is 6.37. The second kappa shape index (κ2) is 6.27. The van der Waals surface area contributed by atoms with Crippen LogP contribution in [-0.4, -0.2) is 45.5 Å². The van der Waals surface area contributed by atoms with Crippen LogP contribution in [0, 0.1) is 6.92 Å². The standard InChI is InChI=1S/C16H29N3O/c1-5-19-14(11-13(2)17-19)12-15(20)16(18(3)4)9-7-6-8-10-16/h11,15,20H,5-10,12H2,1-4H3. The molecule has 1 aromatic heterocycles. The predicted octanol–water partition coefficient (Wildman–Crippen LogP) is 2.38. The SMILES string of the molecule is CCn1nc(C)cc1CC(O)C1(N(C)C)CCCCC1. The van der Waals surface area contributed by atoms with Crippen LogP contribution in [0.15, 0.2) is 6.07 Å². The number of rotatable bonds is 5. The van der Waals surface area contributed by atoms with E-state index in [1.54, 1.807) is 0 Å². The molecule has 1 saturated carbocycles. The smallest absolute Gasteiger partial charge is 0.0778 e. The van der Waals surface area contributed by atoms with E-state index < -0.39 is 0 Å². The van der Waals surface area contributed by atoms with Gasteiger partial charge in [0.25, 0.3) is 0 Å². The van der Waals surface area contributed by atoms with Crippen LogP contribution in [0.1, 0.15) is 50.4 Å². The van der Waals surface area contributed by atoms with Gasteiger partial charge in [0.15, 0.2) is 0 Å². The first-order valence-electron chi connectivity index (χ1n) is 7.88. The zero-order chi connectivity index (χ0) is 14.8. The first-order chi connectivity index (χ1) is 9.49. The molecule has 4 heteroatoms. The van der Waals surface area contributed by atoms with Crippen molar-refractivity contribution in [3.05, 3.63) is 17.5 Å². The third-order valence-corrected chi connectivity index (χ3v) is 4.92. The van der Waals surface area contributed by atoms with Crippen molar-refractivity contribution in [1.29, 1.82) is 0 Å². The minimum atomic E-state index is -0.320. The summed E-state index contributed by atoms with van der Waals surface area (Å²) in [4.78, 5) is 2.25. The van der Waals surface area contributed by atoms with Crippen LogP contribution in [0.25, 0.3) is 0 Å². The van der Waals surface area contributed by atoms with Crippen LogP contribution < -0.4 is 0 Å². The highest BCUT2D eigenvalue weighted by Gasteiger charge is 2.41. The van der Waals surface area contributed by atoms with Crippen LogP contribution in [-0.2, 0) is 13.0 Å². The molecule has 2 rings (SSSR count). The maximum atomic E-state index is 10.9. The van der Waals surface area contributed by atoms with Gasteiger partial charge in [-0.3, -0.25) is 4.68 Å². The molecule has 1 heterocycles. The normalized spacial score (nSPS) is 20.3. The third kappa shape index (κ3) is 2.91. The molecule has 0 radical (unpaired) electrons. The van der Waals surface area contributed by atoms with Gasteiger partial charge in [0.2, 0.25) is 0 Å². The minimum Gasteiger partial charge on any atom is -0.391 e. The van der Waals surface area contributed by atoms with Gasteiger partial charge in [-0.1, -0.05) is 19.3 Å². The van der Waals surface area contributed by atoms with E-state index in [2.05, 4.69) is 37.1 Å². The maximum Gasteiger partial charge on any atom is 0.0778 e. The first kappa shape index (κ1) is 15.5. The van der Waals surface area contributed by atoms with Gasteiger partial charge in [0.05, 0.1) is 11.8 Å². The van der Waals surface area contributed by atoms with Gasteiger partial charge >= 0.3 is 0 Å². The number of likely N-dealkylation sites (N-methyl/N-ethyl adjacent to an activating group) is 1. The van der Waals surface area contributed by atoms with E-state index in [0.717, 1.165) is 30.8 Å². The Kier molecular flexibility index (Phi) is 4.86. The van der Waals surface area contributed by atoms with Crippen molar-refractivity contribution in [2.24, 2.45) is 0 Å². The average Bonchev–Trinajstić information content (AvgIpc) is 2.79. The van der Waals surface area contributed by atoms with E-state index in [9.17, 15) is 5.11 Å². The Morgan fingerprint density at radius 2 is 2.00 bits per heavy atom. The van der Waals surface area contributed by atoms with Crippen LogP contribution in [0.3, 0.4) is 0 Å². The molecule has 0 amide bonds. The number of hydrogen-bond donors (Lipinski definition) is 1. The zero-order valence-electron chi connectivity index (χ0n) is 13.4. The topological polar surface area (TPSA) is 41.3 Å². The molecule has 0 aromatic carbocycles. The van der Waals surface area contributed by atoms with E-state index in [-0.39, 0.29) is 11.6 Å². The molecular formula is C16H29N3O. The second-order valence-electron chi connectivity index (χ2n) is 6.37. The van der Waals surface area contributed by atoms with E-state index >= 15 is 0 Å².